The highest BCUT2D eigenvalue weighted by atomic mass is 35.5. The smallest absolute Gasteiger partial charge is 0.303 e. The van der Waals surface area contributed by atoms with Crippen LogP contribution in [0, 0.1) is 5.92 Å². The highest BCUT2D eigenvalue weighted by molar-refractivity contribution is 6.44. The van der Waals surface area contributed by atoms with Gasteiger partial charge in [-0.15, -0.1) is 23.2 Å². The van der Waals surface area contributed by atoms with E-state index < -0.39 is 35.5 Å². The lowest BCUT2D eigenvalue weighted by molar-refractivity contribution is -0.166. The van der Waals surface area contributed by atoms with Gasteiger partial charge in [0.15, 0.2) is 6.10 Å². The van der Waals surface area contributed by atoms with Crippen LogP contribution in [0.3, 0.4) is 0 Å². The Morgan fingerprint density at radius 2 is 1.88 bits per heavy atom. The van der Waals surface area contributed by atoms with Gasteiger partial charge in [-0.25, -0.2) is 18.4 Å². The van der Waals surface area contributed by atoms with Gasteiger partial charge in [0.05, 0.1) is 5.92 Å². The summed E-state index contributed by atoms with van der Waals surface area (Å²) in [4.78, 5) is 13.7. The van der Waals surface area contributed by atoms with Gasteiger partial charge in [-0.3, -0.25) is 4.79 Å². The summed E-state index contributed by atoms with van der Waals surface area (Å²) in [5.74, 6) is -2.26. The van der Waals surface area contributed by atoms with Gasteiger partial charge in [0, 0.05) is 11.9 Å². The summed E-state index contributed by atoms with van der Waals surface area (Å²) in [5, 5.41) is 4.35. The lowest BCUT2D eigenvalue weighted by Gasteiger charge is -2.33. The standard InChI is InChI=1S/C15H14Cl3F2N3O3/c1-8(24)25-12(11(13(17)18)14(19)20)15(23-7-21-6-22-23)26-10-4-2-9(16)3-5-10/h2-7,11-15H,1H3. The number of rotatable bonds is 8. The van der Waals surface area contributed by atoms with Crippen molar-refractivity contribution >= 4 is 40.8 Å². The number of carbonyl (C=O) groups is 1. The van der Waals surface area contributed by atoms with E-state index in [2.05, 4.69) is 10.1 Å². The van der Waals surface area contributed by atoms with E-state index in [0.29, 0.717) is 5.02 Å². The molecule has 0 amide bonds. The van der Waals surface area contributed by atoms with E-state index in [1.54, 1.807) is 12.1 Å². The van der Waals surface area contributed by atoms with E-state index in [0.717, 1.165) is 11.6 Å². The Labute approximate surface area is 162 Å². The molecule has 0 spiro atoms. The fourth-order valence-electron chi connectivity index (χ4n) is 2.19. The zero-order chi connectivity index (χ0) is 19.3. The fourth-order valence-corrected chi connectivity index (χ4v) is 2.82. The summed E-state index contributed by atoms with van der Waals surface area (Å²) in [7, 11) is 0. The van der Waals surface area contributed by atoms with E-state index >= 15 is 0 Å². The van der Waals surface area contributed by atoms with Crippen LogP contribution in [-0.2, 0) is 9.53 Å². The van der Waals surface area contributed by atoms with Crippen molar-refractivity contribution in [1.29, 1.82) is 0 Å². The van der Waals surface area contributed by atoms with Crippen molar-refractivity contribution in [3.63, 3.8) is 0 Å². The third-order valence-electron chi connectivity index (χ3n) is 3.31. The molecule has 1 aromatic carbocycles. The maximum Gasteiger partial charge on any atom is 0.303 e. The molecule has 6 nitrogen and oxygen atoms in total. The van der Waals surface area contributed by atoms with Crippen LogP contribution in [0.1, 0.15) is 13.2 Å². The first kappa shape index (κ1) is 20.7. The largest absolute Gasteiger partial charge is 0.465 e. The average Bonchev–Trinajstić information content (AvgIpc) is 3.06. The van der Waals surface area contributed by atoms with Crippen LogP contribution in [0.5, 0.6) is 5.75 Å². The van der Waals surface area contributed by atoms with Crippen molar-refractivity contribution in [2.24, 2.45) is 5.92 Å². The predicted molar refractivity (Wildman–Crippen MR) is 91.7 cm³/mol. The molecule has 0 aliphatic heterocycles. The minimum Gasteiger partial charge on any atom is -0.465 e. The van der Waals surface area contributed by atoms with E-state index in [1.807, 2.05) is 0 Å². The molecule has 11 heteroatoms. The quantitative estimate of drug-likeness (QED) is 0.467. The zero-order valence-corrected chi connectivity index (χ0v) is 15.6. The second-order valence-electron chi connectivity index (χ2n) is 5.16. The van der Waals surface area contributed by atoms with Crippen LogP contribution in [0.2, 0.25) is 5.02 Å². The Hall–Kier alpha value is -1.64. The molecule has 0 saturated heterocycles. The molecule has 0 bridgehead atoms. The van der Waals surface area contributed by atoms with Gasteiger partial charge in [0.2, 0.25) is 12.7 Å². The second-order valence-corrected chi connectivity index (χ2v) is 6.76. The molecule has 0 aliphatic rings. The SMILES string of the molecule is CC(=O)OC(C(C(F)F)C(Cl)Cl)C(Oc1ccc(Cl)cc1)n1cncn1. The number of alkyl halides is 4. The number of halogens is 5. The number of benzene rings is 1. The molecule has 2 aromatic rings. The molecular weight excluding hydrogens is 415 g/mol. The molecule has 0 fully saturated rings. The van der Waals surface area contributed by atoms with Crippen molar-refractivity contribution in [1.82, 2.24) is 14.8 Å². The number of hydrogen-bond donors (Lipinski definition) is 0. The van der Waals surface area contributed by atoms with Crippen LogP contribution in [-0.4, -0.2) is 38.1 Å². The lowest BCUT2D eigenvalue weighted by atomic mass is 10.0. The maximum absolute atomic E-state index is 13.6. The van der Waals surface area contributed by atoms with Crippen molar-refractivity contribution < 1.29 is 23.0 Å². The van der Waals surface area contributed by atoms with E-state index in [1.165, 1.54) is 24.8 Å². The fraction of sp³-hybridized carbons (Fsp3) is 0.400. The van der Waals surface area contributed by atoms with Crippen molar-refractivity contribution in [2.45, 2.75) is 30.5 Å². The monoisotopic (exact) mass is 427 g/mol. The van der Waals surface area contributed by atoms with Crippen molar-refractivity contribution in [2.75, 3.05) is 0 Å². The highest BCUT2D eigenvalue weighted by Gasteiger charge is 2.44. The van der Waals surface area contributed by atoms with Gasteiger partial charge in [-0.2, -0.15) is 5.10 Å². The highest BCUT2D eigenvalue weighted by Crippen LogP contribution is 2.34. The minimum atomic E-state index is -2.99. The Morgan fingerprint density at radius 1 is 1.23 bits per heavy atom. The minimum absolute atomic E-state index is 0.278. The van der Waals surface area contributed by atoms with Crippen LogP contribution in [0.15, 0.2) is 36.9 Å². The first-order chi connectivity index (χ1) is 12.3. The third kappa shape index (κ3) is 5.43. The van der Waals surface area contributed by atoms with Crippen LogP contribution >= 0.6 is 34.8 Å². The van der Waals surface area contributed by atoms with E-state index in [4.69, 9.17) is 44.3 Å². The van der Waals surface area contributed by atoms with E-state index in [-0.39, 0.29) is 5.75 Å². The number of nitrogens with zero attached hydrogens (tertiary/aromatic N) is 3. The zero-order valence-electron chi connectivity index (χ0n) is 13.3. The lowest BCUT2D eigenvalue weighted by Crippen LogP contribution is -2.44. The normalized spacial score (nSPS) is 14.9. The Balaban J connectivity index is 2.43. The van der Waals surface area contributed by atoms with Gasteiger partial charge in [-0.05, 0) is 24.3 Å². The molecule has 3 atom stereocenters. The first-order valence-corrected chi connectivity index (χ1v) is 8.54. The summed E-state index contributed by atoms with van der Waals surface area (Å²) < 4.78 is 39.1. The van der Waals surface area contributed by atoms with Gasteiger partial charge in [-0.1, -0.05) is 11.6 Å². The van der Waals surface area contributed by atoms with Crippen LogP contribution in [0.25, 0.3) is 0 Å². The molecule has 26 heavy (non-hydrogen) atoms. The Kier molecular flexibility index (Phi) is 7.43. The number of aromatic nitrogens is 3. The summed E-state index contributed by atoms with van der Waals surface area (Å²) in [6.07, 6.45) is -3.40. The molecule has 0 radical (unpaired) electrons. The van der Waals surface area contributed by atoms with Crippen molar-refractivity contribution in [3.8, 4) is 5.75 Å². The summed E-state index contributed by atoms with van der Waals surface area (Å²) >= 11 is 17.3. The van der Waals surface area contributed by atoms with E-state index in [9.17, 15) is 13.6 Å². The van der Waals surface area contributed by atoms with Crippen LogP contribution < -0.4 is 4.74 Å². The average molecular weight is 429 g/mol. The Morgan fingerprint density at radius 3 is 2.35 bits per heavy atom. The van der Waals surface area contributed by atoms with Gasteiger partial charge >= 0.3 is 5.97 Å². The first-order valence-electron chi connectivity index (χ1n) is 7.29. The second kappa shape index (κ2) is 9.34. The molecule has 2 rings (SSSR count). The number of carbonyl (C=O) groups excluding carboxylic acids is 1. The van der Waals surface area contributed by atoms with Crippen molar-refractivity contribution in [3.05, 3.63) is 41.9 Å². The predicted octanol–water partition coefficient (Wildman–Crippen LogP) is 4.13. The molecule has 1 aromatic heterocycles. The van der Waals surface area contributed by atoms with Gasteiger partial charge in [0.1, 0.15) is 23.2 Å². The molecule has 142 valence electrons. The molecular formula is C15H14Cl3F2N3O3. The number of esters is 1. The number of hydrogen-bond acceptors (Lipinski definition) is 5. The molecule has 3 unspecified atom stereocenters. The summed E-state index contributed by atoms with van der Waals surface area (Å²) in [5.41, 5.74) is 0. The van der Waals surface area contributed by atoms with Gasteiger partial charge in [0.25, 0.3) is 0 Å². The summed E-state index contributed by atoms with van der Waals surface area (Å²) in [6.45, 7) is 1.08. The third-order valence-corrected chi connectivity index (χ3v) is 4.15. The molecule has 0 aliphatic carbocycles. The summed E-state index contributed by atoms with van der Waals surface area (Å²) in [6, 6.07) is 6.14. The Bertz CT molecular complexity index is 694. The number of ether oxygens (including phenoxy) is 2. The van der Waals surface area contributed by atoms with Gasteiger partial charge < -0.3 is 9.47 Å². The topological polar surface area (TPSA) is 66.2 Å². The molecule has 0 saturated carbocycles. The molecule has 1 heterocycles. The maximum atomic E-state index is 13.6. The molecule has 0 N–H and O–H groups in total. The van der Waals surface area contributed by atoms with Crippen LogP contribution in [0.4, 0.5) is 8.78 Å².